The van der Waals surface area contributed by atoms with Crippen LogP contribution in [0, 0.1) is 0 Å². The first-order chi connectivity index (χ1) is 15.0. The van der Waals surface area contributed by atoms with Gasteiger partial charge in [-0.1, -0.05) is 54.0 Å². The first-order valence-electron chi connectivity index (χ1n) is 9.64. The van der Waals surface area contributed by atoms with Gasteiger partial charge in [0.2, 0.25) is 0 Å². The highest BCUT2D eigenvalue weighted by atomic mass is 35.5. The van der Waals surface area contributed by atoms with Crippen molar-refractivity contribution in [3.05, 3.63) is 99.0 Å². The third kappa shape index (κ3) is 4.64. The molecule has 0 unspecified atom stereocenters. The summed E-state index contributed by atoms with van der Waals surface area (Å²) in [6, 6.07) is 21.5. The number of carbonyl (C=O) groups excluding carboxylic acids is 2. The van der Waals surface area contributed by atoms with Crippen molar-refractivity contribution < 1.29 is 9.59 Å². The number of hydrogen-bond donors (Lipinski definition) is 1. The Bertz CT molecular complexity index is 1090. The molecular weight excluding hydrogens is 451 g/mol. The number of carbonyl (C=O) groups is 2. The summed E-state index contributed by atoms with van der Waals surface area (Å²) in [5.74, 6) is -0.772. The van der Waals surface area contributed by atoms with Gasteiger partial charge in [-0.3, -0.25) is 9.59 Å². The quantitative estimate of drug-likeness (QED) is 0.416. The van der Waals surface area contributed by atoms with E-state index in [0.29, 0.717) is 26.3 Å². The molecule has 1 aliphatic heterocycles. The molecule has 156 valence electrons. The van der Waals surface area contributed by atoms with Crippen molar-refractivity contribution in [1.82, 2.24) is 0 Å². The van der Waals surface area contributed by atoms with E-state index in [2.05, 4.69) is 12.2 Å². The van der Waals surface area contributed by atoms with Crippen LogP contribution in [0.4, 0.5) is 11.4 Å². The first-order valence-corrected chi connectivity index (χ1v) is 11.2. The van der Waals surface area contributed by atoms with Crippen molar-refractivity contribution in [2.45, 2.75) is 18.2 Å². The van der Waals surface area contributed by atoms with Crippen LogP contribution in [-0.4, -0.2) is 11.8 Å². The molecule has 0 bridgehead atoms. The molecule has 1 N–H and O–H groups in total. The van der Waals surface area contributed by atoms with Crippen molar-refractivity contribution in [1.29, 1.82) is 0 Å². The van der Waals surface area contributed by atoms with Crippen molar-refractivity contribution in [2.24, 2.45) is 0 Å². The summed E-state index contributed by atoms with van der Waals surface area (Å²) in [7, 11) is 0. The lowest BCUT2D eigenvalue weighted by Crippen LogP contribution is -2.32. The summed E-state index contributed by atoms with van der Waals surface area (Å²) in [5.41, 5.74) is 2.56. The summed E-state index contributed by atoms with van der Waals surface area (Å²) in [6.45, 7) is 2.05. The Hall–Kier alpha value is -2.73. The predicted octanol–water partition coefficient (Wildman–Crippen LogP) is 6.55. The van der Waals surface area contributed by atoms with E-state index in [0.717, 1.165) is 16.9 Å². The van der Waals surface area contributed by atoms with Gasteiger partial charge in [-0.05, 0) is 72.6 Å². The fourth-order valence-corrected chi connectivity index (χ4v) is 4.31. The molecule has 31 heavy (non-hydrogen) atoms. The van der Waals surface area contributed by atoms with Gasteiger partial charge in [0.25, 0.3) is 11.8 Å². The van der Waals surface area contributed by atoms with E-state index >= 15 is 0 Å². The molecule has 7 heteroatoms. The maximum Gasteiger partial charge on any atom is 0.283 e. The normalized spacial score (nSPS) is 13.8. The molecule has 2 amide bonds. The van der Waals surface area contributed by atoms with E-state index in [-0.39, 0.29) is 11.6 Å². The van der Waals surface area contributed by atoms with Crippen LogP contribution in [0.15, 0.2) is 88.3 Å². The molecule has 0 atom stereocenters. The van der Waals surface area contributed by atoms with E-state index < -0.39 is 5.91 Å². The number of rotatable bonds is 6. The highest BCUT2D eigenvalue weighted by Crippen LogP contribution is 2.38. The van der Waals surface area contributed by atoms with Crippen molar-refractivity contribution in [2.75, 3.05) is 10.2 Å². The fourth-order valence-electron chi connectivity index (χ4n) is 3.13. The van der Waals surface area contributed by atoms with Crippen LogP contribution in [-0.2, 0) is 16.0 Å². The summed E-state index contributed by atoms with van der Waals surface area (Å²) in [4.78, 5) is 29.0. The average Bonchev–Trinajstić information content (AvgIpc) is 3.01. The topological polar surface area (TPSA) is 49.4 Å². The molecule has 0 saturated carbocycles. The Morgan fingerprint density at radius 3 is 1.97 bits per heavy atom. The number of nitrogens with zero attached hydrogens (tertiary/aromatic N) is 1. The molecule has 4 rings (SSSR count). The van der Waals surface area contributed by atoms with Gasteiger partial charge in [-0.2, -0.15) is 0 Å². The van der Waals surface area contributed by atoms with Crippen LogP contribution in [0.2, 0.25) is 10.0 Å². The maximum absolute atomic E-state index is 13.3. The van der Waals surface area contributed by atoms with E-state index in [1.165, 1.54) is 16.7 Å². The zero-order valence-corrected chi connectivity index (χ0v) is 18.9. The number of anilines is 2. The van der Waals surface area contributed by atoms with Crippen LogP contribution in [0.5, 0.6) is 0 Å². The predicted molar refractivity (Wildman–Crippen MR) is 128 cm³/mol. The zero-order valence-electron chi connectivity index (χ0n) is 16.6. The number of aryl methyl sites for hydroxylation is 1. The number of thioether (sulfide) groups is 1. The minimum Gasteiger partial charge on any atom is -0.350 e. The SMILES string of the molecule is CCc1ccc(N2C(=O)C(Nc3ccc(Cl)cc3)=C(Sc3ccc(Cl)cc3)C2=O)cc1. The molecule has 4 nitrogen and oxygen atoms in total. The Morgan fingerprint density at radius 2 is 1.39 bits per heavy atom. The van der Waals surface area contributed by atoms with Gasteiger partial charge in [0.15, 0.2) is 0 Å². The van der Waals surface area contributed by atoms with Crippen molar-refractivity contribution >= 4 is 58.2 Å². The molecule has 3 aromatic carbocycles. The second-order valence-electron chi connectivity index (χ2n) is 6.86. The number of amides is 2. The van der Waals surface area contributed by atoms with Crippen LogP contribution in [0.1, 0.15) is 12.5 Å². The third-order valence-electron chi connectivity index (χ3n) is 4.79. The van der Waals surface area contributed by atoms with E-state index in [9.17, 15) is 9.59 Å². The van der Waals surface area contributed by atoms with Gasteiger partial charge >= 0.3 is 0 Å². The van der Waals surface area contributed by atoms with E-state index in [1.807, 2.05) is 24.3 Å². The molecule has 0 spiro atoms. The Balaban J connectivity index is 1.71. The van der Waals surface area contributed by atoms with Gasteiger partial charge < -0.3 is 5.32 Å². The Labute approximate surface area is 194 Å². The smallest absolute Gasteiger partial charge is 0.283 e. The average molecular weight is 469 g/mol. The second kappa shape index (κ2) is 9.18. The molecule has 1 aliphatic rings. The molecule has 0 radical (unpaired) electrons. The molecule has 0 fully saturated rings. The minimum absolute atomic E-state index is 0.229. The number of nitrogens with one attached hydrogen (secondary N) is 1. The van der Waals surface area contributed by atoms with Crippen LogP contribution >= 0.6 is 35.0 Å². The van der Waals surface area contributed by atoms with Gasteiger partial charge in [-0.25, -0.2) is 4.90 Å². The van der Waals surface area contributed by atoms with Gasteiger partial charge in [0, 0.05) is 20.6 Å². The summed E-state index contributed by atoms with van der Waals surface area (Å²) < 4.78 is 0. The van der Waals surface area contributed by atoms with E-state index in [1.54, 1.807) is 48.5 Å². The zero-order chi connectivity index (χ0) is 22.0. The van der Waals surface area contributed by atoms with Crippen molar-refractivity contribution in [3.8, 4) is 0 Å². The molecular formula is C24H18Cl2N2O2S. The molecule has 0 saturated heterocycles. The number of halogens is 2. The van der Waals surface area contributed by atoms with Crippen molar-refractivity contribution in [3.63, 3.8) is 0 Å². The summed E-state index contributed by atoms with van der Waals surface area (Å²) in [6.07, 6.45) is 0.876. The lowest BCUT2D eigenvalue weighted by atomic mass is 10.1. The third-order valence-corrected chi connectivity index (χ3v) is 6.39. The number of imide groups is 1. The minimum atomic E-state index is -0.402. The van der Waals surface area contributed by atoms with Crippen LogP contribution < -0.4 is 10.2 Å². The molecule has 1 heterocycles. The Morgan fingerprint density at radius 1 is 0.806 bits per heavy atom. The lowest BCUT2D eigenvalue weighted by Gasteiger charge is -2.15. The van der Waals surface area contributed by atoms with Gasteiger partial charge in [0.05, 0.1) is 5.69 Å². The fraction of sp³-hybridized carbons (Fsp3) is 0.0833. The summed E-state index contributed by atoms with van der Waals surface area (Å²) >= 11 is 13.2. The van der Waals surface area contributed by atoms with Crippen LogP contribution in [0.25, 0.3) is 0 Å². The monoisotopic (exact) mass is 468 g/mol. The second-order valence-corrected chi connectivity index (χ2v) is 8.81. The molecule has 0 aromatic heterocycles. The standard InChI is InChI=1S/C24H18Cl2N2O2S/c1-2-15-3-11-19(12-4-15)28-23(29)21(27-18-9-5-16(25)6-10-18)22(24(28)30)31-20-13-7-17(26)8-14-20/h3-14,27H,2H2,1H3. The van der Waals surface area contributed by atoms with E-state index in [4.69, 9.17) is 23.2 Å². The lowest BCUT2D eigenvalue weighted by molar-refractivity contribution is -0.120. The maximum atomic E-state index is 13.3. The van der Waals surface area contributed by atoms with Crippen LogP contribution in [0.3, 0.4) is 0 Å². The first kappa shape index (κ1) is 21.5. The highest BCUT2D eigenvalue weighted by Gasteiger charge is 2.40. The largest absolute Gasteiger partial charge is 0.350 e. The van der Waals surface area contributed by atoms with Gasteiger partial charge in [0.1, 0.15) is 10.6 Å². The Kier molecular flexibility index (Phi) is 6.37. The highest BCUT2D eigenvalue weighted by molar-refractivity contribution is 8.04. The number of benzene rings is 3. The molecule has 3 aromatic rings. The number of hydrogen-bond acceptors (Lipinski definition) is 4. The summed E-state index contributed by atoms with van der Waals surface area (Å²) in [5, 5.41) is 4.30. The molecule has 0 aliphatic carbocycles. The van der Waals surface area contributed by atoms with Gasteiger partial charge in [-0.15, -0.1) is 0 Å².